The zero-order chi connectivity index (χ0) is 14.0. The van der Waals surface area contributed by atoms with Crippen molar-refractivity contribution < 1.29 is 14.7 Å². The first-order chi connectivity index (χ1) is 8.92. The Bertz CT molecular complexity index is 604. The summed E-state index contributed by atoms with van der Waals surface area (Å²) in [6.07, 6.45) is 1.36. The van der Waals surface area contributed by atoms with Gasteiger partial charge in [0.15, 0.2) is 0 Å². The van der Waals surface area contributed by atoms with Gasteiger partial charge in [0.05, 0.1) is 5.69 Å². The van der Waals surface area contributed by atoms with E-state index < -0.39 is 17.4 Å². The molecule has 0 spiro atoms. The van der Waals surface area contributed by atoms with Crippen LogP contribution in [0.4, 0.5) is 0 Å². The van der Waals surface area contributed by atoms with Crippen molar-refractivity contribution in [2.45, 2.75) is 19.4 Å². The Labute approximate surface area is 112 Å². The average Bonchev–Trinajstić information content (AvgIpc) is 2.99. The lowest BCUT2D eigenvalue weighted by Gasteiger charge is -2.20. The first-order valence-corrected chi connectivity index (χ1v) is 6.16. The summed E-state index contributed by atoms with van der Waals surface area (Å²) in [5.41, 5.74) is -0.840. The molecule has 0 unspecified atom stereocenters. The molecule has 0 bridgehead atoms. The maximum absolute atomic E-state index is 12.1. The van der Waals surface area contributed by atoms with Gasteiger partial charge in [-0.15, -0.1) is 16.4 Å². The number of carboxylic acids is 1. The molecule has 0 aliphatic rings. The fourth-order valence-corrected chi connectivity index (χ4v) is 2.09. The molecule has 0 fully saturated rings. The van der Waals surface area contributed by atoms with Crippen LogP contribution < -0.4 is 5.32 Å². The lowest BCUT2D eigenvalue weighted by Crippen LogP contribution is -2.49. The van der Waals surface area contributed by atoms with Crippen LogP contribution in [0.5, 0.6) is 0 Å². The lowest BCUT2D eigenvalue weighted by atomic mass is 10.1. The second-order valence-corrected chi connectivity index (χ2v) is 5.19. The largest absolute Gasteiger partial charge is 0.480 e. The highest BCUT2D eigenvalue weighted by atomic mass is 32.1. The number of carbonyl (C=O) groups is 2. The highest BCUT2D eigenvalue weighted by Gasteiger charge is 2.30. The van der Waals surface area contributed by atoms with Gasteiger partial charge in [-0.25, -0.2) is 4.79 Å². The molecule has 0 saturated carbocycles. The first kappa shape index (κ1) is 13.1. The van der Waals surface area contributed by atoms with Crippen molar-refractivity contribution in [3.63, 3.8) is 0 Å². The van der Waals surface area contributed by atoms with E-state index in [0.717, 1.165) is 0 Å². The van der Waals surface area contributed by atoms with Gasteiger partial charge in [0.2, 0.25) is 0 Å². The Balaban J connectivity index is 2.27. The van der Waals surface area contributed by atoms with Crippen LogP contribution >= 0.6 is 11.3 Å². The molecule has 0 aliphatic heterocycles. The SMILES string of the molecule is CC(C)(NC(=O)c1sccc1-n1cnnn1)C(=O)O. The van der Waals surface area contributed by atoms with Crippen LogP contribution in [-0.4, -0.2) is 42.7 Å². The maximum atomic E-state index is 12.1. The third-order valence-electron chi connectivity index (χ3n) is 2.41. The van der Waals surface area contributed by atoms with Crippen LogP contribution in [0.3, 0.4) is 0 Å². The van der Waals surface area contributed by atoms with Crippen LogP contribution in [0.15, 0.2) is 17.8 Å². The zero-order valence-electron chi connectivity index (χ0n) is 10.2. The first-order valence-electron chi connectivity index (χ1n) is 5.28. The van der Waals surface area contributed by atoms with E-state index in [-0.39, 0.29) is 0 Å². The number of carboxylic acid groups (broad SMARTS) is 1. The number of hydrogen-bond donors (Lipinski definition) is 2. The van der Waals surface area contributed by atoms with Crippen LogP contribution in [-0.2, 0) is 4.79 Å². The van der Waals surface area contributed by atoms with E-state index in [9.17, 15) is 9.59 Å². The third-order valence-corrected chi connectivity index (χ3v) is 3.31. The number of tetrazole rings is 1. The molecule has 2 rings (SSSR count). The van der Waals surface area contributed by atoms with Gasteiger partial charge in [-0.2, -0.15) is 4.68 Å². The Hall–Kier alpha value is -2.29. The normalized spacial score (nSPS) is 11.3. The smallest absolute Gasteiger partial charge is 0.328 e. The number of carbonyl (C=O) groups excluding carboxylic acids is 1. The van der Waals surface area contributed by atoms with Crippen LogP contribution in [0.1, 0.15) is 23.5 Å². The fraction of sp³-hybridized carbons (Fsp3) is 0.300. The van der Waals surface area contributed by atoms with Crippen molar-refractivity contribution in [1.82, 2.24) is 25.5 Å². The standard InChI is InChI=1S/C10H11N5O3S/c1-10(2,9(17)18)12-8(16)7-6(3-4-19-7)15-5-11-13-14-15/h3-5H,1-2H3,(H,12,16)(H,17,18). The van der Waals surface area contributed by atoms with E-state index in [0.29, 0.717) is 10.6 Å². The summed E-state index contributed by atoms with van der Waals surface area (Å²) in [5.74, 6) is -1.59. The molecule has 2 N–H and O–H groups in total. The van der Waals surface area contributed by atoms with Crippen molar-refractivity contribution >= 4 is 23.2 Å². The predicted octanol–water partition coefficient (Wildman–Crippen LogP) is 0.317. The maximum Gasteiger partial charge on any atom is 0.328 e. The Morgan fingerprint density at radius 1 is 1.47 bits per heavy atom. The number of aromatic nitrogens is 4. The number of amides is 1. The lowest BCUT2D eigenvalue weighted by molar-refractivity contribution is -0.143. The van der Waals surface area contributed by atoms with Crippen molar-refractivity contribution in [2.24, 2.45) is 0 Å². The quantitative estimate of drug-likeness (QED) is 0.835. The van der Waals surface area contributed by atoms with E-state index in [1.165, 1.54) is 36.2 Å². The summed E-state index contributed by atoms with van der Waals surface area (Å²) in [6.45, 7) is 2.83. The van der Waals surface area contributed by atoms with E-state index in [4.69, 9.17) is 5.11 Å². The van der Waals surface area contributed by atoms with Crippen LogP contribution in [0, 0.1) is 0 Å². The van der Waals surface area contributed by atoms with Crippen molar-refractivity contribution in [3.05, 3.63) is 22.7 Å². The molecule has 0 saturated heterocycles. The van der Waals surface area contributed by atoms with Gasteiger partial charge in [0, 0.05) is 0 Å². The third kappa shape index (κ3) is 2.60. The molecule has 0 radical (unpaired) electrons. The topological polar surface area (TPSA) is 110 Å². The predicted molar refractivity (Wildman–Crippen MR) is 66.2 cm³/mol. The minimum atomic E-state index is -1.35. The monoisotopic (exact) mass is 281 g/mol. The number of rotatable bonds is 4. The van der Waals surface area contributed by atoms with Crippen LogP contribution in [0.2, 0.25) is 0 Å². The second-order valence-electron chi connectivity index (χ2n) is 4.27. The Morgan fingerprint density at radius 3 is 2.79 bits per heavy atom. The summed E-state index contributed by atoms with van der Waals surface area (Å²) in [7, 11) is 0. The van der Waals surface area contributed by atoms with Gasteiger partial charge in [-0.1, -0.05) is 0 Å². The van der Waals surface area contributed by atoms with Crippen LogP contribution in [0.25, 0.3) is 5.69 Å². The Kier molecular flexibility index (Phi) is 3.30. The van der Waals surface area contributed by atoms with E-state index in [1.54, 1.807) is 11.4 Å². The van der Waals surface area contributed by atoms with Gasteiger partial charge >= 0.3 is 5.97 Å². The fourth-order valence-electron chi connectivity index (χ4n) is 1.32. The van der Waals surface area contributed by atoms with Gasteiger partial charge in [0.1, 0.15) is 16.7 Å². The minimum absolute atomic E-state index is 0.349. The molecule has 1 amide bonds. The molecule has 0 atom stereocenters. The van der Waals surface area contributed by atoms with Gasteiger partial charge in [0.25, 0.3) is 5.91 Å². The molecule has 19 heavy (non-hydrogen) atoms. The molecular formula is C10H11N5O3S. The van der Waals surface area contributed by atoms with Crippen molar-refractivity contribution in [1.29, 1.82) is 0 Å². The summed E-state index contributed by atoms with van der Waals surface area (Å²) in [4.78, 5) is 23.4. The second kappa shape index (κ2) is 4.76. The molecule has 0 aromatic carbocycles. The molecular weight excluding hydrogens is 270 g/mol. The van der Waals surface area contributed by atoms with Gasteiger partial charge < -0.3 is 10.4 Å². The van der Waals surface area contributed by atoms with E-state index >= 15 is 0 Å². The highest BCUT2D eigenvalue weighted by Crippen LogP contribution is 2.20. The molecule has 2 aromatic rings. The van der Waals surface area contributed by atoms with E-state index in [2.05, 4.69) is 20.8 Å². The molecule has 0 aliphatic carbocycles. The number of aliphatic carboxylic acids is 1. The molecule has 9 heteroatoms. The zero-order valence-corrected chi connectivity index (χ0v) is 11.0. The van der Waals surface area contributed by atoms with Crippen molar-refractivity contribution in [2.75, 3.05) is 0 Å². The summed E-state index contributed by atoms with van der Waals surface area (Å²) < 4.78 is 1.35. The molecule has 2 aromatic heterocycles. The average molecular weight is 281 g/mol. The number of hydrogen-bond acceptors (Lipinski definition) is 6. The summed E-state index contributed by atoms with van der Waals surface area (Å²) >= 11 is 1.19. The van der Waals surface area contributed by atoms with Gasteiger partial charge in [-0.3, -0.25) is 4.79 Å². The Morgan fingerprint density at radius 2 is 2.21 bits per heavy atom. The van der Waals surface area contributed by atoms with E-state index in [1.807, 2.05) is 0 Å². The highest BCUT2D eigenvalue weighted by molar-refractivity contribution is 7.12. The minimum Gasteiger partial charge on any atom is -0.480 e. The van der Waals surface area contributed by atoms with Crippen molar-refractivity contribution in [3.8, 4) is 5.69 Å². The number of nitrogens with zero attached hydrogens (tertiary/aromatic N) is 4. The molecule has 100 valence electrons. The summed E-state index contributed by atoms with van der Waals surface area (Å²) in [6, 6.07) is 1.68. The van der Waals surface area contributed by atoms with Gasteiger partial charge in [-0.05, 0) is 35.7 Å². The summed E-state index contributed by atoms with van der Waals surface area (Å²) in [5, 5.41) is 23.8. The number of thiophene rings is 1. The number of nitrogens with one attached hydrogen (secondary N) is 1. The molecule has 8 nitrogen and oxygen atoms in total. The molecule has 2 heterocycles.